The van der Waals surface area contributed by atoms with Crippen molar-refractivity contribution in [3.8, 4) is 5.75 Å². The number of nitrogens with one attached hydrogen (secondary N) is 1. The number of ether oxygens (including phenoxy) is 1. The van der Waals surface area contributed by atoms with Crippen LogP contribution >= 0.6 is 27.5 Å². The van der Waals surface area contributed by atoms with Crippen LogP contribution in [0.2, 0.25) is 5.02 Å². The number of halogens is 2. The highest BCUT2D eigenvalue weighted by Gasteiger charge is 2.10. The third-order valence-corrected chi connectivity index (χ3v) is 3.58. The molecule has 0 fully saturated rings. The van der Waals surface area contributed by atoms with Gasteiger partial charge in [-0.1, -0.05) is 39.7 Å². The number of carbonyl (C=O) groups is 1. The van der Waals surface area contributed by atoms with Crippen molar-refractivity contribution in [1.82, 2.24) is 5.32 Å². The van der Waals surface area contributed by atoms with Gasteiger partial charge in [-0.2, -0.15) is 0 Å². The molecule has 0 spiro atoms. The predicted molar refractivity (Wildman–Crippen MR) is 83.3 cm³/mol. The van der Waals surface area contributed by atoms with Gasteiger partial charge < -0.3 is 10.1 Å². The van der Waals surface area contributed by atoms with E-state index in [1.54, 1.807) is 25.3 Å². The lowest BCUT2D eigenvalue weighted by molar-refractivity contribution is 0.0951. The van der Waals surface area contributed by atoms with Gasteiger partial charge in [-0.25, -0.2) is 0 Å². The second kappa shape index (κ2) is 6.77. The van der Waals surface area contributed by atoms with Crippen LogP contribution < -0.4 is 10.1 Å². The Hall–Kier alpha value is -1.52. The second-order valence-electron chi connectivity index (χ2n) is 4.16. The Bertz CT molecular complexity index is 631. The zero-order chi connectivity index (χ0) is 14.5. The van der Waals surface area contributed by atoms with Gasteiger partial charge in [0.2, 0.25) is 0 Å². The maximum absolute atomic E-state index is 12.1. The summed E-state index contributed by atoms with van der Waals surface area (Å²) in [5.74, 6) is 0.552. The van der Waals surface area contributed by atoms with E-state index in [0.717, 1.165) is 15.8 Å². The van der Waals surface area contributed by atoms with Crippen molar-refractivity contribution in [3.63, 3.8) is 0 Å². The van der Waals surface area contributed by atoms with Gasteiger partial charge in [-0.3, -0.25) is 4.79 Å². The van der Waals surface area contributed by atoms with Crippen LogP contribution in [0.15, 0.2) is 46.9 Å². The summed E-state index contributed by atoms with van der Waals surface area (Å²) in [7, 11) is 1.61. The van der Waals surface area contributed by atoms with Crippen molar-refractivity contribution < 1.29 is 9.53 Å². The molecule has 2 rings (SSSR count). The normalized spacial score (nSPS) is 10.2. The van der Waals surface area contributed by atoms with Gasteiger partial charge in [0.05, 0.1) is 17.7 Å². The molecular weight excluding hydrogens is 342 g/mol. The molecule has 0 atom stereocenters. The average Bonchev–Trinajstić information content (AvgIpc) is 2.47. The molecule has 0 saturated carbocycles. The lowest BCUT2D eigenvalue weighted by atomic mass is 10.2. The van der Waals surface area contributed by atoms with Crippen molar-refractivity contribution in [1.29, 1.82) is 0 Å². The number of amides is 1. The van der Waals surface area contributed by atoms with Gasteiger partial charge in [0.15, 0.2) is 0 Å². The standard InChI is InChI=1S/C15H13BrClNO2/c1-20-12-4-2-3-10(7-12)9-18-15(19)13-8-11(16)5-6-14(13)17/h2-8H,9H2,1H3,(H,18,19). The van der Waals surface area contributed by atoms with Crippen molar-refractivity contribution in [3.05, 3.63) is 63.1 Å². The first-order valence-corrected chi connectivity index (χ1v) is 7.13. The van der Waals surface area contributed by atoms with Crippen LogP contribution in [0.1, 0.15) is 15.9 Å². The van der Waals surface area contributed by atoms with Crippen LogP contribution in [-0.4, -0.2) is 13.0 Å². The highest BCUT2D eigenvalue weighted by molar-refractivity contribution is 9.10. The molecule has 0 aromatic heterocycles. The van der Waals surface area contributed by atoms with Gasteiger partial charge in [0.25, 0.3) is 5.91 Å². The number of hydrogen-bond donors (Lipinski definition) is 1. The Morgan fingerprint density at radius 2 is 2.10 bits per heavy atom. The van der Waals surface area contributed by atoms with Gasteiger partial charge >= 0.3 is 0 Å². The Morgan fingerprint density at radius 1 is 1.30 bits per heavy atom. The van der Waals surface area contributed by atoms with Gasteiger partial charge in [-0.15, -0.1) is 0 Å². The zero-order valence-electron chi connectivity index (χ0n) is 10.8. The monoisotopic (exact) mass is 353 g/mol. The molecule has 0 aliphatic carbocycles. The Balaban J connectivity index is 2.06. The highest BCUT2D eigenvalue weighted by atomic mass is 79.9. The molecule has 3 nitrogen and oxygen atoms in total. The summed E-state index contributed by atoms with van der Waals surface area (Å²) in [5.41, 5.74) is 1.41. The molecule has 0 radical (unpaired) electrons. The lowest BCUT2D eigenvalue weighted by Gasteiger charge is -2.08. The van der Waals surface area contributed by atoms with Crippen LogP contribution in [0.25, 0.3) is 0 Å². The zero-order valence-corrected chi connectivity index (χ0v) is 13.2. The van der Waals surface area contributed by atoms with Crippen molar-refractivity contribution in [2.75, 3.05) is 7.11 Å². The molecule has 2 aromatic carbocycles. The summed E-state index contributed by atoms with van der Waals surface area (Å²) in [6, 6.07) is 12.7. The Kier molecular flexibility index (Phi) is 5.04. The molecule has 0 aliphatic rings. The van der Waals surface area contributed by atoms with E-state index in [4.69, 9.17) is 16.3 Å². The van der Waals surface area contributed by atoms with Crippen molar-refractivity contribution in [2.24, 2.45) is 0 Å². The Labute approximate surface area is 131 Å². The molecule has 1 amide bonds. The fourth-order valence-corrected chi connectivity index (χ4v) is 2.30. The van der Waals surface area contributed by atoms with Gasteiger partial charge in [0, 0.05) is 11.0 Å². The molecule has 20 heavy (non-hydrogen) atoms. The number of hydrogen-bond acceptors (Lipinski definition) is 2. The van der Waals surface area contributed by atoms with E-state index in [0.29, 0.717) is 17.1 Å². The SMILES string of the molecule is COc1cccc(CNC(=O)c2cc(Br)ccc2Cl)c1. The number of carbonyl (C=O) groups excluding carboxylic acids is 1. The van der Waals surface area contributed by atoms with Crippen molar-refractivity contribution >= 4 is 33.4 Å². The van der Waals surface area contributed by atoms with Crippen LogP contribution in [0.3, 0.4) is 0 Å². The topological polar surface area (TPSA) is 38.3 Å². The maximum Gasteiger partial charge on any atom is 0.253 e. The van der Waals surface area contributed by atoms with Crippen LogP contribution in [0.5, 0.6) is 5.75 Å². The average molecular weight is 355 g/mol. The minimum atomic E-state index is -0.209. The molecular formula is C15H13BrClNO2. The van der Waals surface area contributed by atoms with E-state index in [1.165, 1.54) is 0 Å². The smallest absolute Gasteiger partial charge is 0.253 e. The third-order valence-electron chi connectivity index (χ3n) is 2.76. The summed E-state index contributed by atoms with van der Waals surface area (Å²) < 4.78 is 5.95. The van der Waals surface area contributed by atoms with E-state index < -0.39 is 0 Å². The molecule has 2 aromatic rings. The summed E-state index contributed by atoms with van der Waals surface area (Å²) in [6.45, 7) is 0.416. The van der Waals surface area contributed by atoms with E-state index in [1.807, 2.05) is 24.3 Å². The van der Waals surface area contributed by atoms with E-state index >= 15 is 0 Å². The molecule has 5 heteroatoms. The van der Waals surface area contributed by atoms with Gasteiger partial charge in [-0.05, 0) is 35.9 Å². The first-order valence-electron chi connectivity index (χ1n) is 5.96. The summed E-state index contributed by atoms with van der Waals surface area (Å²) in [6.07, 6.45) is 0. The lowest BCUT2D eigenvalue weighted by Crippen LogP contribution is -2.23. The van der Waals surface area contributed by atoms with E-state index in [9.17, 15) is 4.79 Å². The molecule has 0 saturated heterocycles. The van der Waals surface area contributed by atoms with Crippen LogP contribution in [0, 0.1) is 0 Å². The van der Waals surface area contributed by atoms with Crippen LogP contribution in [-0.2, 0) is 6.54 Å². The fraction of sp³-hybridized carbons (Fsp3) is 0.133. The second-order valence-corrected chi connectivity index (χ2v) is 5.48. The maximum atomic E-state index is 12.1. The van der Waals surface area contributed by atoms with E-state index in [-0.39, 0.29) is 5.91 Å². The number of rotatable bonds is 4. The van der Waals surface area contributed by atoms with E-state index in [2.05, 4.69) is 21.2 Å². The summed E-state index contributed by atoms with van der Waals surface area (Å²) in [5, 5.41) is 3.26. The third kappa shape index (κ3) is 3.74. The molecule has 0 aliphatic heterocycles. The van der Waals surface area contributed by atoms with Gasteiger partial charge in [0.1, 0.15) is 5.75 Å². The minimum Gasteiger partial charge on any atom is -0.497 e. The van der Waals surface area contributed by atoms with Crippen LogP contribution in [0.4, 0.5) is 0 Å². The predicted octanol–water partition coefficient (Wildman–Crippen LogP) is 4.04. The fourth-order valence-electron chi connectivity index (χ4n) is 1.73. The highest BCUT2D eigenvalue weighted by Crippen LogP contribution is 2.21. The summed E-state index contributed by atoms with van der Waals surface area (Å²) in [4.78, 5) is 12.1. The molecule has 0 unspecified atom stereocenters. The molecule has 104 valence electrons. The summed E-state index contributed by atoms with van der Waals surface area (Å²) >= 11 is 9.34. The quantitative estimate of drug-likeness (QED) is 0.900. The minimum absolute atomic E-state index is 0.209. The number of benzene rings is 2. The molecule has 0 heterocycles. The Morgan fingerprint density at radius 3 is 2.85 bits per heavy atom. The molecule has 1 N–H and O–H groups in total. The largest absolute Gasteiger partial charge is 0.497 e. The van der Waals surface area contributed by atoms with Crippen molar-refractivity contribution in [2.45, 2.75) is 6.54 Å². The molecule has 0 bridgehead atoms. The first-order chi connectivity index (χ1) is 9.60. The number of methoxy groups -OCH3 is 1. The first kappa shape index (κ1) is 14.9.